The first-order chi connectivity index (χ1) is 9.12. The largest absolute Gasteiger partial charge is 0.396 e. The van der Waals surface area contributed by atoms with E-state index in [4.69, 9.17) is 9.63 Å². The summed E-state index contributed by atoms with van der Waals surface area (Å²) in [6.45, 7) is 0.532. The number of aliphatic hydroxyl groups excluding tert-OH is 1. The second-order valence-corrected chi connectivity index (χ2v) is 5.59. The number of rotatable bonds is 7. The molecule has 0 atom stereocenters. The molecular weight excluding hydrogens is 272 g/mol. The smallest absolute Gasteiger partial charge is 0.244 e. The van der Waals surface area contributed by atoms with Crippen molar-refractivity contribution in [1.29, 1.82) is 0 Å². The first-order valence-electron chi connectivity index (χ1n) is 5.64. The Bertz CT molecular complexity index is 605. The molecule has 0 aliphatic carbocycles. The fourth-order valence-corrected chi connectivity index (χ4v) is 2.37. The second kappa shape index (κ2) is 5.95. The Kier molecular flexibility index (Phi) is 4.30. The number of hydrogen-bond donors (Lipinski definition) is 2. The van der Waals surface area contributed by atoms with E-state index in [0.29, 0.717) is 18.7 Å². The number of nitrogens with zero attached hydrogens (tertiary/aromatic N) is 3. The van der Waals surface area contributed by atoms with Crippen LogP contribution in [0.5, 0.6) is 0 Å². The average Bonchev–Trinajstić information content (AvgIpc) is 3.05. The van der Waals surface area contributed by atoms with Gasteiger partial charge in [-0.25, -0.2) is 13.1 Å². The zero-order valence-electron chi connectivity index (χ0n) is 10.1. The van der Waals surface area contributed by atoms with E-state index in [0.717, 1.165) is 0 Å². The number of aryl methyl sites for hydroxylation is 1. The summed E-state index contributed by atoms with van der Waals surface area (Å²) in [6.07, 6.45) is 4.64. The molecule has 0 aliphatic rings. The summed E-state index contributed by atoms with van der Waals surface area (Å²) in [7, 11) is -3.62. The normalized spacial score (nSPS) is 11.8. The molecule has 19 heavy (non-hydrogen) atoms. The number of sulfonamides is 1. The highest BCUT2D eigenvalue weighted by Gasteiger charge is 2.16. The molecular formula is C10H14N4O4S. The molecule has 104 valence electrons. The second-order valence-electron chi connectivity index (χ2n) is 3.82. The molecule has 0 bridgehead atoms. The molecule has 0 unspecified atom stereocenters. The van der Waals surface area contributed by atoms with Crippen LogP contribution >= 0.6 is 0 Å². The van der Waals surface area contributed by atoms with Crippen molar-refractivity contribution in [1.82, 2.24) is 19.7 Å². The van der Waals surface area contributed by atoms with Gasteiger partial charge in [-0.05, 0) is 6.42 Å². The summed E-state index contributed by atoms with van der Waals surface area (Å²) >= 11 is 0. The van der Waals surface area contributed by atoms with E-state index in [1.165, 1.54) is 23.3 Å². The van der Waals surface area contributed by atoms with Crippen LogP contribution in [0.15, 0.2) is 34.1 Å². The number of aromatic nitrogens is 3. The fourth-order valence-electron chi connectivity index (χ4n) is 1.42. The highest BCUT2D eigenvalue weighted by molar-refractivity contribution is 7.89. The van der Waals surface area contributed by atoms with Gasteiger partial charge >= 0.3 is 0 Å². The standard InChI is InChI=1S/C10H14N4O4S/c15-5-1-4-14-8-10(7-11-14)19(16,17)13-6-9-2-3-12-18-9/h2-3,7-8,13,15H,1,4-6H2. The first kappa shape index (κ1) is 13.7. The average molecular weight is 286 g/mol. The van der Waals surface area contributed by atoms with Crippen LogP contribution in [0, 0.1) is 0 Å². The monoisotopic (exact) mass is 286 g/mol. The topological polar surface area (TPSA) is 110 Å². The third kappa shape index (κ3) is 3.63. The van der Waals surface area contributed by atoms with E-state index in [1.807, 2.05) is 0 Å². The van der Waals surface area contributed by atoms with E-state index in [2.05, 4.69) is 15.0 Å². The van der Waals surface area contributed by atoms with Crippen LogP contribution < -0.4 is 4.72 Å². The molecule has 0 amide bonds. The van der Waals surface area contributed by atoms with Crippen molar-refractivity contribution in [2.24, 2.45) is 0 Å². The summed E-state index contributed by atoms with van der Waals surface area (Å²) in [5.74, 6) is 0.427. The summed E-state index contributed by atoms with van der Waals surface area (Å²) < 4.78 is 32.5. The van der Waals surface area contributed by atoms with Crippen LogP contribution in [0.3, 0.4) is 0 Å². The van der Waals surface area contributed by atoms with Gasteiger partial charge in [-0.1, -0.05) is 5.16 Å². The Morgan fingerprint density at radius 1 is 1.47 bits per heavy atom. The summed E-state index contributed by atoms with van der Waals surface area (Å²) in [5.41, 5.74) is 0. The van der Waals surface area contributed by atoms with Crippen LogP contribution in [0.2, 0.25) is 0 Å². The van der Waals surface area contributed by atoms with Crippen LogP contribution in [0.1, 0.15) is 12.2 Å². The molecule has 0 fully saturated rings. The quantitative estimate of drug-likeness (QED) is 0.725. The van der Waals surface area contributed by atoms with E-state index in [-0.39, 0.29) is 18.0 Å². The molecule has 2 aromatic rings. The maximum Gasteiger partial charge on any atom is 0.244 e. The molecule has 0 aliphatic heterocycles. The van der Waals surface area contributed by atoms with Gasteiger partial charge in [0.2, 0.25) is 10.0 Å². The predicted octanol–water partition coefficient (Wildman–Crippen LogP) is -0.268. The molecule has 9 heteroatoms. The van der Waals surface area contributed by atoms with Gasteiger partial charge in [0.25, 0.3) is 0 Å². The Hall–Kier alpha value is -1.71. The maximum atomic E-state index is 11.9. The van der Waals surface area contributed by atoms with E-state index >= 15 is 0 Å². The molecule has 0 aromatic carbocycles. The predicted molar refractivity (Wildman–Crippen MR) is 64.5 cm³/mol. The minimum Gasteiger partial charge on any atom is -0.396 e. The zero-order chi connectivity index (χ0) is 13.7. The molecule has 2 rings (SSSR count). The number of nitrogens with one attached hydrogen (secondary N) is 1. The Morgan fingerprint density at radius 3 is 3.00 bits per heavy atom. The van der Waals surface area contributed by atoms with Crippen LogP contribution in [-0.2, 0) is 23.1 Å². The number of hydrogen-bond acceptors (Lipinski definition) is 6. The van der Waals surface area contributed by atoms with Crippen LogP contribution in [0.25, 0.3) is 0 Å². The van der Waals surface area contributed by atoms with E-state index in [9.17, 15) is 8.42 Å². The van der Waals surface area contributed by atoms with Gasteiger partial charge in [0.05, 0.1) is 18.9 Å². The zero-order valence-corrected chi connectivity index (χ0v) is 10.9. The fraction of sp³-hybridized carbons (Fsp3) is 0.400. The van der Waals surface area contributed by atoms with Gasteiger partial charge in [0, 0.05) is 25.4 Å². The van der Waals surface area contributed by atoms with Crippen molar-refractivity contribution < 1.29 is 18.0 Å². The van der Waals surface area contributed by atoms with Crippen molar-refractivity contribution in [2.45, 2.75) is 24.4 Å². The lowest BCUT2D eigenvalue weighted by atomic mass is 10.5. The van der Waals surface area contributed by atoms with Crippen molar-refractivity contribution in [3.63, 3.8) is 0 Å². The van der Waals surface area contributed by atoms with Gasteiger partial charge < -0.3 is 9.63 Å². The van der Waals surface area contributed by atoms with Crippen LogP contribution in [-0.4, -0.2) is 35.1 Å². The highest BCUT2D eigenvalue weighted by atomic mass is 32.2. The minimum atomic E-state index is -3.62. The Labute approximate surface area is 110 Å². The summed E-state index contributed by atoms with van der Waals surface area (Å²) in [6, 6.07) is 1.58. The lowest BCUT2D eigenvalue weighted by Gasteiger charge is -2.01. The Morgan fingerprint density at radius 2 is 2.32 bits per heavy atom. The summed E-state index contributed by atoms with van der Waals surface area (Å²) in [5, 5.41) is 16.1. The first-order valence-corrected chi connectivity index (χ1v) is 7.12. The molecule has 0 saturated heterocycles. The summed E-state index contributed by atoms with van der Waals surface area (Å²) in [4.78, 5) is 0.0740. The lowest BCUT2D eigenvalue weighted by Crippen LogP contribution is -2.22. The number of aliphatic hydroxyl groups is 1. The third-order valence-electron chi connectivity index (χ3n) is 2.39. The third-order valence-corrected chi connectivity index (χ3v) is 3.75. The molecule has 0 saturated carbocycles. The van der Waals surface area contributed by atoms with Crippen molar-refractivity contribution in [3.8, 4) is 0 Å². The van der Waals surface area contributed by atoms with E-state index < -0.39 is 10.0 Å². The highest BCUT2D eigenvalue weighted by Crippen LogP contribution is 2.08. The minimum absolute atomic E-state index is 0.0319. The molecule has 2 N–H and O–H groups in total. The Balaban J connectivity index is 2.00. The van der Waals surface area contributed by atoms with Crippen LogP contribution in [0.4, 0.5) is 0 Å². The molecule has 0 spiro atoms. The van der Waals surface area contributed by atoms with E-state index in [1.54, 1.807) is 6.07 Å². The molecule has 8 nitrogen and oxygen atoms in total. The van der Waals surface area contributed by atoms with Crippen molar-refractivity contribution in [2.75, 3.05) is 6.61 Å². The molecule has 0 radical (unpaired) electrons. The molecule has 2 aromatic heterocycles. The van der Waals surface area contributed by atoms with Crippen molar-refractivity contribution in [3.05, 3.63) is 30.4 Å². The molecule has 2 heterocycles. The van der Waals surface area contributed by atoms with Crippen molar-refractivity contribution >= 4 is 10.0 Å². The SMILES string of the molecule is O=S(=O)(NCc1ccno1)c1cnn(CCCO)c1. The van der Waals surface area contributed by atoms with Gasteiger partial charge in [0.15, 0.2) is 5.76 Å². The maximum absolute atomic E-state index is 11.9. The van der Waals surface area contributed by atoms with Gasteiger partial charge in [-0.15, -0.1) is 0 Å². The van der Waals surface area contributed by atoms with Gasteiger partial charge in [0.1, 0.15) is 4.90 Å². The van der Waals surface area contributed by atoms with Gasteiger partial charge in [-0.2, -0.15) is 5.10 Å². The van der Waals surface area contributed by atoms with Gasteiger partial charge in [-0.3, -0.25) is 4.68 Å². The lowest BCUT2D eigenvalue weighted by molar-refractivity contribution is 0.277.